The molecule has 3 atom stereocenters. The highest BCUT2D eigenvalue weighted by molar-refractivity contribution is 7.10. The first-order valence-corrected chi connectivity index (χ1v) is 13.4. The quantitative estimate of drug-likeness (QED) is 0.563. The van der Waals surface area contributed by atoms with E-state index in [-0.39, 0.29) is 5.41 Å². The molecule has 0 radical (unpaired) electrons. The Bertz CT molecular complexity index is 1230. The highest BCUT2D eigenvalue weighted by atomic mass is 32.1. The predicted octanol–water partition coefficient (Wildman–Crippen LogP) is 5.93. The summed E-state index contributed by atoms with van der Waals surface area (Å²) in [6.07, 6.45) is 10.9. The van der Waals surface area contributed by atoms with Gasteiger partial charge in [-0.15, -0.1) is 11.3 Å². The van der Waals surface area contributed by atoms with E-state index in [1.54, 1.807) is 11.3 Å². The van der Waals surface area contributed by atoms with Crippen molar-refractivity contribution in [1.29, 1.82) is 10.5 Å². The summed E-state index contributed by atoms with van der Waals surface area (Å²) in [6.45, 7) is 0. The van der Waals surface area contributed by atoms with Crippen molar-refractivity contribution in [3.63, 3.8) is 0 Å². The monoisotopic (exact) mass is 465 g/mol. The van der Waals surface area contributed by atoms with Crippen LogP contribution in [0.1, 0.15) is 54.9 Å². The van der Waals surface area contributed by atoms with Crippen LogP contribution in [-0.2, 0) is 4.79 Å². The van der Waals surface area contributed by atoms with Gasteiger partial charge in [-0.2, -0.15) is 10.5 Å². The summed E-state index contributed by atoms with van der Waals surface area (Å²) in [5.74, 6) is 1.84. The molecule has 2 aliphatic heterocycles. The van der Waals surface area contributed by atoms with E-state index in [2.05, 4.69) is 29.2 Å². The van der Waals surface area contributed by atoms with E-state index >= 15 is 0 Å². The average Bonchev–Trinajstić information content (AvgIpc) is 3.47. The Morgan fingerprint density at radius 2 is 1.65 bits per heavy atom. The Kier molecular flexibility index (Phi) is 4.25. The van der Waals surface area contributed by atoms with Gasteiger partial charge in [0, 0.05) is 16.0 Å². The van der Waals surface area contributed by atoms with Crippen LogP contribution in [0, 0.1) is 51.2 Å². The first-order chi connectivity index (χ1) is 16.6. The van der Waals surface area contributed by atoms with E-state index in [1.165, 1.54) is 19.3 Å². The highest BCUT2D eigenvalue weighted by Gasteiger charge is 2.67. The fraction of sp³-hybridized carbons (Fsp3) is 0.483. The molecule has 4 saturated carbocycles. The lowest BCUT2D eigenvalue weighted by Gasteiger charge is -2.57. The van der Waals surface area contributed by atoms with Gasteiger partial charge in [0.2, 0.25) is 0 Å². The van der Waals surface area contributed by atoms with Crippen molar-refractivity contribution in [2.75, 3.05) is 4.90 Å². The zero-order valence-corrected chi connectivity index (χ0v) is 19.9. The lowest BCUT2D eigenvalue weighted by Crippen LogP contribution is -2.56. The van der Waals surface area contributed by atoms with Gasteiger partial charge in [-0.3, -0.25) is 4.79 Å². The standard InChI is InChI=1S/C29H27N3OS/c30-16-29(17-31)24-8-7-21-4-1-2-5-22(21)32(24)26(25(29)23-6-3-9-34-23)27(33)28-13-18-10-19(14-28)12-20(11-18)15-28/h1-9,18-20,24-26H,10-15H2/t18?,19?,20?,24-,25-,26-,28?/m1/s1. The molecule has 3 heterocycles. The molecule has 6 aliphatic rings. The van der Waals surface area contributed by atoms with Crippen LogP contribution in [-0.4, -0.2) is 17.9 Å². The van der Waals surface area contributed by atoms with E-state index in [4.69, 9.17) is 0 Å². The third-order valence-electron chi connectivity index (χ3n) is 9.59. The maximum Gasteiger partial charge on any atom is 0.177 e. The van der Waals surface area contributed by atoms with Crippen molar-refractivity contribution < 1.29 is 4.79 Å². The number of carbonyl (C=O) groups is 1. The van der Waals surface area contributed by atoms with Crippen molar-refractivity contribution in [2.24, 2.45) is 28.6 Å². The van der Waals surface area contributed by atoms with Crippen molar-refractivity contribution in [1.82, 2.24) is 0 Å². The number of nitrogens with zero attached hydrogens (tertiary/aromatic N) is 3. The van der Waals surface area contributed by atoms with Crippen molar-refractivity contribution in [3.05, 3.63) is 58.3 Å². The number of hydrogen-bond acceptors (Lipinski definition) is 5. The lowest BCUT2D eigenvalue weighted by atomic mass is 9.47. The Morgan fingerprint density at radius 1 is 0.971 bits per heavy atom. The van der Waals surface area contributed by atoms with Crippen LogP contribution in [0.4, 0.5) is 5.69 Å². The van der Waals surface area contributed by atoms with Gasteiger partial charge in [-0.25, -0.2) is 0 Å². The summed E-state index contributed by atoms with van der Waals surface area (Å²) in [4.78, 5) is 18.1. The molecule has 0 amide bonds. The average molecular weight is 466 g/mol. The minimum absolute atomic E-state index is 0.295. The predicted molar refractivity (Wildman–Crippen MR) is 132 cm³/mol. The number of hydrogen-bond donors (Lipinski definition) is 0. The summed E-state index contributed by atoms with van der Waals surface area (Å²) >= 11 is 1.57. The zero-order chi connectivity index (χ0) is 23.1. The Morgan fingerprint density at radius 3 is 2.26 bits per heavy atom. The number of rotatable bonds is 3. The summed E-state index contributed by atoms with van der Waals surface area (Å²) < 4.78 is 0. The Labute approximate surface area is 204 Å². The summed E-state index contributed by atoms with van der Waals surface area (Å²) in [7, 11) is 0. The summed E-state index contributed by atoms with van der Waals surface area (Å²) in [5, 5.41) is 23.1. The number of ketones is 1. The van der Waals surface area contributed by atoms with Crippen molar-refractivity contribution in [3.8, 4) is 12.1 Å². The molecule has 34 heavy (non-hydrogen) atoms. The van der Waals surface area contributed by atoms with Crippen LogP contribution in [0.15, 0.2) is 47.9 Å². The molecule has 170 valence electrons. The first-order valence-electron chi connectivity index (χ1n) is 12.5. The van der Waals surface area contributed by atoms with Gasteiger partial charge < -0.3 is 4.90 Å². The first kappa shape index (κ1) is 20.5. The zero-order valence-electron chi connectivity index (χ0n) is 19.1. The van der Waals surface area contributed by atoms with Crippen LogP contribution in [0.25, 0.3) is 6.08 Å². The van der Waals surface area contributed by atoms with E-state index < -0.39 is 23.4 Å². The third-order valence-corrected chi connectivity index (χ3v) is 10.5. The van der Waals surface area contributed by atoms with E-state index in [0.717, 1.165) is 35.4 Å². The minimum Gasteiger partial charge on any atom is -0.351 e. The number of thiophene rings is 1. The SMILES string of the molecule is N#CC1(C#N)[C@H](c2cccs2)[C@H](C(=O)C23CC4CC(CC(C4)C2)C3)N2c3ccccc3C=C[C@@H]21. The van der Waals surface area contributed by atoms with Gasteiger partial charge in [-0.05, 0) is 79.4 Å². The number of carbonyl (C=O) groups excluding carboxylic acids is 1. The number of benzene rings is 1. The minimum atomic E-state index is -1.31. The molecule has 8 rings (SSSR count). The molecule has 5 heteroatoms. The van der Waals surface area contributed by atoms with E-state index in [1.807, 2.05) is 41.8 Å². The van der Waals surface area contributed by atoms with Crippen molar-refractivity contribution >= 4 is 28.9 Å². The second-order valence-corrected chi connectivity index (χ2v) is 12.3. The van der Waals surface area contributed by atoms with Crippen LogP contribution in [0.2, 0.25) is 0 Å². The fourth-order valence-corrected chi connectivity index (χ4v) is 9.67. The van der Waals surface area contributed by atoms with Gasteiger partial charge in [0.1, 0.15) is 0 Å². The molecule has 5 fully saturated rings. The maximum absolute atomic E-state index is 14.9. The maximum atomic E-state index is 14.9. The number of para-hydroxylation sites is 1. The molecule has 2 aromatic rings. The lowest BCUT2D eigenvalue weighted by molar-refractivity contribution is -0.145. The number of anilines is 1. The molecule has 4 nitrogen and oxygen atoms in total. The molecule has 4 bridgehead atoms. The number of Topliss-reactive ketones (excluding diaryl/α,β-unsaturated/α-hetero) is 1. The molecule has 4 aliphatic carbocycles. The number of nitriles is 2. The van der Waals surface area contributed by atoms with Crippen molar-refractivity contribution in [2.45, 2.75) is 56.5 Å². The molecular formula is C29H27N3OS. The molecule has 0 N–H and O–H groups in total. The fourth-order valence-electron chi connectivity index (χ4n) is 8.74. The Balaban J connectivity index is 1.44. The Hall–Kier alpha value is -2.89. The molecule has 0 spiro atoms. The molecule has 1 saturated heterocycles. The smallest absolute Gasteiger partial charge is 0.177 e. The van der Waals surface area contributed by atoms with Gasteiger partial charge in [0.05, 0.1) is 30.1 Å². The van der Waals surface area contributed by atoms with Gasteiger partial charge >= 0.3 is 0 Å². The van der Waals surface area contributed by atoms with E-state index in [9.17, 15) is 15.3 Å². The highest BCUT2D eigenvalue weighted by Crippen LogP contribution is 2.64. The third kappa shape index (κ3) is 2.54. The van der Waals surface area contributed by atoms with Crippen LogP contribution in [0.5, 0.6) is 0 Å². The van der Waals surface area contributed by atoms with Crippen LogP contribution >= 0.6 is 11.3 Å². The second kappa shape index (κ2) is 7.06. The van der Waals surface area contributed by atoms with Crippen LogP contribution < -0.4 is 4.90 Å². The molecular weight excluding hydrogens is 438 g/mol. The molecule has 1 aromatic heterocycles. The molecule has 0 unspecified atom stereocenters. The van der Waals surface area contributed by atoms with E-state index in [0.29, 0.717) is 23.5 Å². The van der Waals surface area contributed by atoms with Gasteiger partial charge in [-0.1, -0.05) is 36.4 Å². The molecule has 1 aromatic carbocycles. The largest absolute Gasteiger partial charge is 0.351 e. The normalized spacial score (nSPS) is 38.1. The summed E-state index contributed by atoms with van der Waals surface area (Å²) in [5.41, 5.74) is 0.430. The van der Waals surface area contributed by atoms with Crippen LogP contribution in [0.3, 0.4) is 0 Å². The second-order valence-electron chi connectivity index (χ2n) is 11.4. The summed E-state index contributed by atoms with van der Waals surface area (Å²) in [6, 6.07) is 16.1. The number of fused-ring (bicyclic) bond motifs is 3. The topological polar surface area (TPSA) is 67.9 Å². The van der Waals surface area contributed by atoms with Gasteiger partial charge in [0.25, 0.3) is 0 Å². The van der Waals surface area contributed by atoms with Gasteiger partial charge in [0.15, 0.2) is 11.2 Å².